The number of carboxylic acids is 1. The highest BCUT2D eigenvalue weighted by Gasteiger charge is 2.19. The Morgan fingerprint density at radius 3 is 2.81 bits per heavy atom. The van der Waals surface area contributed by atoms with Gasteiger partial charge in [0.15, 0.2) is 0 Å². The van der Waals surface area contributed by atoms with Crippen LogP contribution in [0.1, 0.15) is 9.67 Å². The molecule has 0 fully saturated rings. The molecule has 3 N–H and O–H groups in total. The number of nitrogens with one attached hydrogen (secondary N) is 2. The highest BCUT2D eigenvalue weighted by Crippen LogP contribution is 2.25. The number of carboxylic acid groups (broad SMARTS) is 1. The van der Waals surface area contributed by atoms with Crippen molar-refractivity contribution in [2.75, 3.05) is 4.72 Å². The number of hydrogen-bond acceptors (Lipinski definition) is 5. The summed E-state index contributed by atoms with van der Waals surface area (Å²) in [5.74, 6) is -1.15. The van der Waals surface area contributed by atoms with Crippen LogP contribution in [0.5, 0.6) is 0 Å². The molecule has 2 aromatic heterocycles. The molecule has 0 aliphatic carbocycles. The smallest absolute Gasteiger partial charge is 0.345 e. The van der Waals surface area contributed by atoms with Gasteiger partial charge in [-0.25, -0.2) is 13.2 Å². The van der Waals surface area contributed by atoms with E-state index >= 15 is 0 Å². The predicted octanol–water partition coefficient (Wildman–Crippen LogP) is 2.12. The number of hydrogen-bond donors (Lipinski definition) is 3. The summed E-state index contributed by atoms with van der Waals surface area (Å²) >= 11 is 0.704. The molecule has 9 heteroatoms. The molecule has 0 unspecified atom stereocenters. The van der Waals surface area contributed by atoms with Gasteiger partial charge in [-0.05, 0) is 30.3 Å². The van der Waals surface area contributed by atoms with Crippen LogP contribution >= 0.6 is 11.3 Å². The molecule has 2 heterocycles. The molecule has 0 aliphatic rings. The van der Waals surface area contributed by atoms with Crippen molar-refractivity contribution in [3.8, 4) is 0 Å². The Morgan fingerprint density at radius 1 is 1.29 bits per heavy atom. The minimum Gasteiger partial charge on any atom is -0.477 e. The Kier molecular flexibility index (Phi) is 3.15. The number of fused-ring (bicyclic) bond motifs is 1. The van der Waals surface area contributed by atoms with Crippen molar-refractivity contribution in [1.82, 2.24) is 10.2 Å². The van der Waals surface area contributed by atoms with Gasteiger partial charge in [-0.15, -0.1) is 11.3 Å². The van der Waals surface area contributed by atoms with Gasteiger partial charge in [-0.2, -0.15) is 5.10 Å². The van der Waals surface area contributed by atoms with Crippen molar-refractivity contribution in [2.24, 2.45) is 0 Å². The van der Waals surface area contributed by atoms with Gasteiger partial charge in [0.2, 0.25) is 0 Å². The fourth-order valence-electron chi connectivity index (χ4n) is 1.79. The molecule has 0 bridgehead atoms. The van der Waals surface area contributed by atoms with E-state index in [0.717, 1.165) is 10.9 Å². The van der Waals surface area contributed by atoms with Crippen LogP contribution in [0.3, 0.4) is 0 Å². The number of anilines is 1. The molecule has 0 saturated carbocycles. The molecule has 3 rings (SSSR count). The average molecular weight is 323 g/mol. The van der Waals surface area contributed by atoms with Gasteiger partial charge in [0, 0.05) is 11.1 Å². The highest BCUT2D eigenvalue weighted by molar-refractivity contribution is 7.94. The lowest BCUT2D eigenvalue weighted by Gasteiger charge is -2.05. The predicted molar refractivity (Wildman–Crippen MR) is 78.2 cm³/mol. The number of benzene rings is 1. The summed E-state index contributed by atoms with van der Waals surface area (Å²) in [6.07, 6.45) is 1.58. The lowest BCUT2D eigenvalue weighted by atomic mass is 10.2. The Bertz CT molecular complexity index is 927. The summed E-state index contributed by atoms with van der Waals surface area (Å²) in [5.41, 5.74) is 1.18. The summed E-state index contributed by atoms with van der Waals surface area (Å²) < 4.78 is 26.8. The van der Waals surface area contributed by atoms with E-state index in [9.17, 15) is 13.2 Å². The fraction of sp³-hybridized carbons (Fsp3) is 0. The van der Waals surface area contributed by atoms with Crippen LogP contribution in [0.2, 0.25) is 0 Å². The average Bonchev–Trinajstić information content (AvgIpc) is 3.07. The number of aromatic carboxylic acids is 1. The summed E-state index contributed by atoms with van der Waals surface area (Å²) in [6, 6.07) is 7.48. The molecule has 3 aromatic rings. The molecule has 0 radical (unpaired) electrons. The largest absolute Gasteiger partial charge is 0.477 e. The maximum Gasteiger partial charge on any atom is 0.345 e. The number of carbonyl (C=O) groups is 1. The lowest BCUT2D eigenvalue weighted by molar-refractivity contribution is 0.0702. The first-order valence-corrected chi connectivity index (χ1v) is 8.05. The number of sulfonamides is 1. The second kappa shape index (κ2) is 4.86. The van der Waals surface area contributed by atoms with Crippen molar-refractivity contribution < 1.29 is 18.3 Å². The molecule has 108 valence electrons. The normalized spacial score (nSPS) is 11.6. The number of thiophene rings is 1. The molecule has 0 saturated heterocycles. The zero-order valence-electron chi connectivity index (χ0n) is 10.4. The number of aromatic nitrogens is 2. The fourth-order valence-corrected chi connectivity index (χ4v) is 3.99. The number of H-pyrrole nitrogens is 1. The van der Waals surface area contributed by atoms with Crippen molar-refractivity contribution >= 4 is 43.9 Å². The van der Waals surface area contributed by atoms with E-state index in [1.807, 2.05) is 0 Å². The van der Waals surface area contributed by atoms with E-state index in [0.29, 0.717) is 17.0 Å². The Morgan fingerprint density at radius 2 is 2.10 bits per heavy atom. The van der Waals surface area contributed by atoms with E-state index in [2.05, 4.69) is 14.9 Å². The second-order valence-corrected chi connectivity index (χ2v) is 7.19. The lowest BCUT2D eigenvalue weighted by Crippen LogP contribution is -2.11. The molecule has 0 atom stereocenters. The summed E-state index contributed by atoms with van der Waals surface area (Å²) in [5, 5.41) is 16.2. The molecule has 0 spiro atoms. The van der Waals surface area contributed by atoms with Crippen LogP contribution in [-0.2, 0) is 10.0 Å². The van der Waals surface area contributed by atoms with Gasteiger partial charge in [0.05, 0.1) is 11.7 Å². The van der Waals surface area contributed by atoms with E-state index in [1.54, 1.807) is 24.4 Å². The van der Waals surface area contributed by atoms with Gasteiger partial charge < -0.3 is 5.11 Å². The topological polar surface area (TPSA) is 112 Å². The monoisotopic (exact) mass is 323 g/mol. The molecule has 21 heavy (non-hydrogen) atoms. The van der Waals surface area contributed by atoms with Crippen LogP contribution in [0, 0.1) is 0 Å². The molecule has 0 amide bonds. The van der Waals surface area contributed by atoms with Crippen LogP contribution in [0.4, 0.5) is 5.69 Å². The van der Waals surface area contributed by atoms with Crippen molar-refractivity contribution in [1.29, 1.82) is 0 Å². The van der Waals surface area contributed by atoms with Crippen molar-refractivity contribution in [3.63, 3.8) is 0 Å². The third kappa shape index (κ3) is 2.60. The van der Waals surface area contributed by atoms with Gasteiger partial charge in [0.25, 0.3) is 10.0 Å². The summed E-state index contributed by atoms with van der Waals surface area (Å²) in [4.78, 5) is 10.8. The Labute approximate surface area is 123 Å². The Balaban J connectivity index is 1.92. The third-order valence-corrected chi connectivity index (χ3v) is 5.70. The third-order valence-electron chi connectivity index (χ3n) is 2.75. The van der Waals surface area contributed by atoms with E-state index in [1.165, 1.54) is 12.1 Å². The maximum absolute atomic E-state index is 12.2. The standard InChI is InChI=1S/C12H9N3O4S2/c16-12(17)10-3-4-11(20-10)21(18,19)15-8-1-2-9-7(5-8)6-13-14-9/h1-6,15H,(H,13,14)(H,16,17). The molecule has 1 aromatic carbocycles. The number of aromatic amines is 1. The van der Waals surface area contributed by atoms with Crippen LogP contribution in [0.15, 0.2) is 40.7 Å². The van der Waals surface area contributed by atoms with E-state index < -0.39 is 16.0 Å². The van der Waals surface area contributed by atoms with Crippen molar-refractivity contribution in [3.05, 3.63) is 41.4 Å². The quantitative estimate of drug-likeness (QED) is 0.681. The van der Waals surface area contributed by atoms with E-state index in [-0.39, 0.29) is 9.09 Å². The SMILES string of the molecule is O=C(O)c1ccc(S(=O)(=O)Nc2ccc3[nH]ncc3c2)s1. The van der Waals surface area contributed by atoms with Gasteiger partial charge in [0.1, 0.15) is 9.09 Å². The van der Waals surface area contributed by atoms with Gasteiger partial charge in [-0.3, -0.25) is 9.82 Å². The zero-order valence-corrected chi connectivity index (χ0v) is 12.0. The maximum atomic E-state index is 12.2. The summed E-state index contributed by atoms with van der Waals surface area (Å²) in [6.45, 7) is 0. The molecule has 0 aliphatic heterocycles. The second-order valence-electron chi connectivity index (χ2n) is 4.20. The number of rotatable bonds is 4. The zero-order chi connectivity index (χ0) is 15.0. The van der Waals surface area contributed by atoms with Crippen molar-refractivity contribution in [2.45, 2.75) is 4.21 Å². The van der Waals surface area contributed by atoms with E-state index in [4.69, 9.17) is 5.11 Å². The van der Waals surface area contributed by atoms with Gasteiger partial charge in [-0.1, -0.05) is 0 Å². The van der Waals surface area contributed by atoms with Crippen LogP contribution in [0.25, 0.3) is 10.9 Å². The van der Waals surface area contributed by atoms with Gasteiger partial charge >= 0.3 is 5.97 Å². The molecular weight excluding hydrogens is 314 g/mol. The van der Waals surface area contributed by atoms with Crippen LogP contribution < -0.4 is 4.72 Å². The first-order valence-electron chi connectivity index (χ1n) is 5.75. The highest BCUT2D eigenvalue weighted by atomic mass is 32.2. The first kappa shape index (κ1) is 13.6. The van der Waals surface area contributed by atoms with Crippen LogP contribution in [-0.4, -0.2) is 29.7 Å². The minimum atomic E-state index is -3.80. The number of nitrogens with zero attached hydrogens (tertiary/aromatic N) is 1. The molecular formula is C12H9N3O4S2. The molecule has 7 nitrogen and oxygen atoms in total. The summed E-state index contributed by atoms with van der Waals surface area (Å²) in [7, 11) is -3.80. The Hall–Kier alpha value is -2.39. The minimum absolute atomic E-state index is 0.0272. The first-order chi connectivity index (χ1) is 9.95.